The molecule has 0 aliphatic carbocycles. The van der Waals surface area contributed by atoms with Crippen molar-refractivity contribution in [2.24, 2.45) is 11.7 Å². The Kier molecular flexibility index (Phi) is 6.63. The second-order valence-corrected chi connectivity index (χ2v) is 7.21. The maximum Gasteiger partial charge on any atom is 0.243 e. The van der Waals surface area contributed by atoms with Crippen molar-refractivity contribution in [1.82, 2.24) is 10.2 Å². The summed E-state index contributed by atoms with van der Waals surface area (Å²) >= 11 is 5.95. The van der Waals surface area contributed by atoms with E-state index in [9.17, 15) is 9.59 Å². The van der Waals surface area contributed by atoms with Gasteiger partial charge in [-0.3, -0.25) is 9.59 Å². The van der Waals surface area contributed by atoms with Crippen molar-refractivity contribution < 1.29 is 9.59 Å². The van der Waals surface area contributed by atoms with Crippen molar-refractivity contribution in [2.45, 2.75) is 51.7 Å². The van der Waals surface area contributed by atoms with E-state index in [1.54, 1.807) is 11.0 Å². The molecule has 3 N–H and O–H groups in total. The van der Waals surface area contributed by atoms with Crippen LogP contribution < -0.4 is 11.1 Å². The highest BCUT2D eigenvalue weighted by Gasteiger charge is 2.36. The molecule has 0 radical (unpaired) electrons. The third-order valence-corrected chi connectivity index (χ3v) is 4.47. The quantitative estimate of drug-likeness (QED) is 0.825. The molecule has 132 valence electrons. The van der Waals surface area contributed by atoms with E-state index in [-0.39, 0.29) is 11.8 Å². The van der Waals surface area contributed by atoms with Gasteiger partial charge in [0.1, 0.15) is 6.04 Å². The van der Waals surface area contributed by atoms with Crippen LogP contribution in [0.3, 0.4) is 0 Å². The van der Waals surface area contributed by atoms with E-state index in [1.807, 2.05) is 32.0 Å². The lowest BCUT2D eigenvalue weighted by atomic mass is 10.0. The average Bonchev–Trinajstić information content (AvgIpc) is 3.00. The lowest BCUT2D eigenvalue weighted by Crippen LogP contribution is -2.51. The molecule has 0 bridgehead atoms. The first-order valence-corrected chi connectivity index (χ1v) is 8.84. The van der Waals surface area contributed by atoms with Crippen LogP contribution in [0.25, 0.3) is 0 Å². The minimum atomic E-state index is -0.536. The van der Waals surface area contributed by atoms with Gasteiger partial charge in [-0.2, -0.15) is 0 Å². The molecule has 2 amide bonds. The number of hydrogen-bond donors (Lipinski definition) is 2. The molecule has 2 rings (SSSR count). The Hall–Kier alpha value is -1.59. The number of benzene rings is 1. The van der Waals surface area contributed by atoms with Gasteiger partial charge in [-0.15, -0.1) is 0 Å². The van der Waals surface area contributed by atoms with Crippen LogP contribution in [0.15, 0.2) is 24.3 Å². The van der Waals surface area contributed by atoms with Crippen LogP contribution in [0.2, 0.25) is 5.02 Å². The lowest BCUT2D eigenvalue weighted by Gasteiger charge is -2.27. The van der Waals surface area contributed by atoms with Gasteiger partial charge < -0.3 is 16.0 Å². The molecule has 0 saturated carbocycles. The van der Waals surface area contributed by atoms with Gasteiger partial charge in [-0.1, -0.05) is 37.6 Å². The summed E-state index contributed by atoms with van der Waals surface area (Å²) in [5, 5.41) is 3.54. The number of carbonyl (C=O) groups excluding carboxylic acids is 2. The largest absolute Gasteiger partial charge is 0.350 e. The van der Waals surface area contributed by atoms with E-state index in [0.717, 1.165) is 12.0 Å². The summed E-state index contributed by atoms with van der Waals surface area (Å²) in [5.41, 5.74) is 6.94. The second-order valence-electron chi connectivity index (χ2n) is 6.77. The zero-order valence-electron chi connectivity index (χ0n) is 14.3. The number of carbonyl (C=O) groups is 2. The van der Waals surface area contributed by atoms with E-state index >= 15 is 0 Å². The Morgan fingerprint density at radius 1 is 1.42 bits per heavy atom. The van der Waals surface area contributed by atoms with E-state index in [0.29, 0.717) is 36.9 Å². The molecule has 0 aromatic heterocycles. The Balaban J connectivity index is 1.94. The number of nitrogens with one attached hydrogen (secondary N) is 1. The molecular weight excluding hydrogens is 326 g/mol. The van der Waals surface area contributed by atoms with Gasteiger partial charge in [0.15, 0.2) is 0 Å². The van der Waals surface area contributed by atoms with E-state index < -0.39 is 12.1 Å². The van der Waals surface area contributed by atoms with E-state index in [2.05, 4.69) is 5.32 Å². The third kappa shape index (κ3) is 4.95. The number of halogens is 1. The van der Waals surface area contributed by atoms with Crippen LogP contribution in [-0.2, 0) is 16.1 Å². The molecule has 0 spiro atoms. The molecule has 1 aliphatic heterocycles. The topological polar surface area (TPSA) is 75.4 Å². The van der Waals surface area contributed by atoms with Crippen molar-refractivity contribution >= 4 is 23.4 Å². The Morgan fingerprint density at radius 3 is 2.83 bits per heavy atom. The summed E-state index contributed by atoms with van der Waals surface area (Å²) in [6, 6.07) is 6.40. The fourth-order valence-corrected chi connectivity index (χ4v) is 3.29. The Bertz CT molecular complexity index is 591. The normalized spacial score (nSPS) is 18.7. The lowest BCUT2D eigenvalue weighted by molar-refractivity contribution is -0.139. The average molecular weight is 352 g/mol. The number of hydrogen-bond acceptors (Lipinski definition) is 3. The summed E-state index contributed by atoms with van der Waals surface area (Å²) in [5.74, 6) is 0.100. The molecule has 1 heterocycles. The molecule has 1 aromatic rings. The molecule has 1 aliphatic rings. The standard InChI is InChI=1S/C18H26ClN3O2/c1-12(2)9-15(20)18(24)22-8-4-7-16(22)17(23)21-11-13-5-3-6-14(19)10-13/h3,5-6,10,12,15-16H,4,7-9,11,20H2,1-2H3,(H,21,23)/t15-,16?/m1/s1. The van der Waals surface area contributed by atoms with Crippen LogP contribution in [0.5, 0.6) is 0 Å². The van der Waals surface area contributed by atoms with Crippen molar-refractivity contribution in [3.8, 4) is 0 Å². The highest BCUT2D eigenvalue weighted by Crippen LogP contribution is 2.20. The van der Waals surface area contributed by atoms with Gasteiger partial charge in [-0.25, -0.2) is 0 Å². The minimum absolute atomic E-state index is 0.121. The van der Waals surface area contributed by atoms with Gasteiger partial charge in [0.2, 0.25) is 11.8 Å². The molecule has 2 atom stereocenters. The minimum Gasteiger partial charge on any atom is -0.350 e. The summed E-state index contributed by atoms with van der Waals surface area (Å²) in [7, 11) is 0. The van der Waals surface area contributed by atoms with Crippen LogP contribution >= 0.6 is 11.6 Å². The second kappa shape index (κ2) is 8.49. The van der Waals surface area contributed by atoms with Crippen molar-refractivity contribution in [3.05, 3.63) is 34.9 Å². The maximum absolute atomic E-state index is 12.5. The summed E-state index contributed by atoms with van der Waals surface area (Å²) in [6.07, 6.45) is 2.14. The fraction of sp³-hybridized carbons (Fsp3) is 0.556. The number of rotatable bonds is 6. The molecule has 1 unspecified atom stereocenters. The smallest absolute Gasteiger partial charge is 0.243 e. The van der Waals surface area contributed by atoms with Crippen LogP contribution in [0.1, 0.15) is 38.7 Å². The molecule has 24 heavy (non-hydrogen) atoms. The van der Waals surface area contributed by atoms with Crippen molar-refractivity contribution in [3.63, 3.8) is 0 Å². The first kappa shape index (κ1) is 18.7. The molecule has 1 saturated heterocycles. The van der Waals surface area contributed by atoms with Crippen molar-refractivity contribution in [2.75, 3.05) is 6.54 Å². The van der Waals surface area contributed by atoms with Crippen LogP contribution in [0, 0.1) is 5.92 Å². The van der Waals surface area contributed by atoms with Gasteiger partial charge in [0.25, 0.3) is 0 Å². The third-order valence-electron chi connectivity index (χ3n) is 4.24. The van der Waals surface area contributed by atoms with E-state index in [1.165, 1.54) is 0 Å². The number of amides is 2. The molecule has 1 fully saturated rings. The number of nitrogens with two attached hydrogens (primary N) is 1. The summed E-state index contributed by atoms with van der Waals surface area (Å²) in [6.45, 7) is 5.06. The number of likely N-dealkylation sites (tertiary alicyclic amines) is 1. The number of nitrogens with zero attached hydrogens (tertiary/aromatic N) is 1. The summed E-state index contributed by atoms with van der Waals surface area (Å²) in [4.78, 5) is 26.6. The molecule has 6 heteroatoms. The van der Waals surface area contributed by atoms with Gasteiger partial charge in [0, 0.05) is 18.1 Å². The SMILES string of the molecule is CC(C)C[C@@H](N)C(=O)N1CCCC1C(=O)NCc1cccc(Cl)c1. The fourth-order valence-electron chi connectivity index (χ4n) is 3.08. The maximum atomic E-state index is 12.5. The first-order chi connectivity index (χ1) is 11.4. The predicted molar refractivity (Wildman–Crippen MR) is 95.5 cm³/mol. The zero-order valence-corrected chi connectivity index (χ0v) is 15.1. The monoisotopic (exact) mass is 351 g/mol. The van der Waals surface area contributed by atoms with E-state index in [4.69, 9.17) is 17.3 Å². The Morgan fingerprint density at radius 2 is 2.17 bits per heavy atom. The summed E-state index contributed by atoms with van der Waals surface area (Å²) < 4.78 is 0. The highest BCUT2D eigenvalue weighted by atomic mass is 35.5. The Labute approximate surface area is 148 Å². The van der Waals surface area contributed by atoms with Gasteiger partial charge >= 0.3 is 0 Å². The first-order valence-electron chi connectivity index (χ1n) is 8.46. The molecular formula is C18H26ClN3O2. The molecule has 1 aromatic carbocycles. The van der Waals surface area contributed by atoms with Crippen LogP contribution in [0.4, 0.5) is 0 Å². The van der Waals surface area contributed by atoms with Crippen molar-refractivity contribution in [1.29, 1.82) is 0 Å². The highest BCUT2D eigenvalue weighted by molar-refractivity contribution is 6.30. The zero-order chi connectivity index (χ0) is 17.7. The van der Waals surface area contributed by atoms with Gasteiger partial charge in [-0.05, 0) is 42.9 Å². The molecule has 5 nitrogen and oxygen atoms in total. The predicted octanol–water partition coefficient (Wildman–Crippen LogP) is 2.32. The van der Waals surface area contributed by atoms with Gasteiger partial charge in [0.05, 0.1) is 6.04 Å². The van der Waals surface area contributed by atoms with Crippen LogP contribution in [-0.4, -0.2) is 35.3 Å².